The Labute approximate surface area is 126 Å². The first-order valence-electron chi connectivity index (χ1n) is 7.22. The molecule has 0 saturated carbocycles. The molecule has 0 N–H and O–H groups in total. The van der Waals surface area contributed by atoms with E-state index in [0.717, 1.165) is 23.1 Å². The number of rotatable bonds is 1. The van der Waals surface area contributed by atoms with Gasteiger partial charge in [0, 0.05) is 5.41 Å². The van der Waals surface area contributed by atoms with E-state index >= 15 is 0 Å². The van der Waals surface area contributed by atoms with Crippen LogP contribution in [0.2, 0.25) is 0 Å². The molecule has 0 aliphatic heterocycles. The summed E-state index contributed by atoms with van der Waals surface area (Å²) < 4.78 is 0. The van der Waals surface area contributed by atoms with E-state index in [-0.39, 0.29) is 5.41 Å². The van der Waals surface area contributed by atoms with Crippen molar-refractivity contribution in [2.24, 2.45) is 5.41 Å². The molecule has 2 aliphatic rings. The Morgan fingerprint density at radius 3 is 2.62 bits per heavy atom. The van der Waals surface area contributed by atoms with Crippen LogP contribution in [0, 0.1) is 35.0 Å². The lowest BCUT2D eigenvalue weighted by Crippen LogP contribution is -2.41. The van der Waals surface area contributed by atoms with Crippen LogP contribution in [0.3, 0.4) is 0 Å². The Morgan fingerprint density at radius 2 is 2.05 bits per heavy atom. The molecule has 0 fully saturated rings. The van der Waals surface area contributed by atoms with E-state index in [0.29, 0.717) is 12.0 Å². The van der Waals surface area contributed by atoms with Crippen molar-refractivity contribution in [1.29, 1.82) is 10.5 Å². The SMILES string of the molecule is C=C(C)[C@]1(C)Cc2c(C)ccc3c2[C@]1(C#N)CC=C3C#N. The van der Waals surface area contributed by atoms with Crippen LogP contribution in [0.5, 0.6) is 0 Å². The number of allylic oxidation sites excluding steroid dienone is 3. The minimum absolute atomic E-state index is 0.275. The molecule has 2 heteroatoms. The summed E-state index contributed by atoms with van der Waals surface area (Å²) in [6.07, 6.45) is 3.35. The third-order valence-corrected chi connectivity index (χ3v) is 5.60. The summed E-state index contributed by atoms with van der Waals surface area (Å²) in [6, 6.07) is 8.95. The molecular formula is C19H18N2. The third kappa shape index (κ3) is 1.40. The van der Waals surface area contributed by atoms with Gasteiger partial charge in [-0.2, -0.15) is 10.5 Å². The Kier molecular flexibility index (Phi) is 2.66. The van der Waals surface area contributed by atoms with Crippen molar-refractivity contribution in [3.8, 4) is 12.1 Å². The zero-order valence-corrected chi connectivity index (χ0v) is 12.7. The van der Waals surface area contributed by atoms with Crippen molar-refractivity contribution < 1.29 is 0 Å². The first kappa shape index (κ1) is 13.7. The summed E-state index contributed by atoms with van der Waals surface area (Å²) in [5, 5.41) is 19.4. The van der Waals surface area contributed by atoms with Crippen LogP contribution < -0.4 is 0 Å². The van der Waals surface area contributed by atoms with Crippen LogP contribution in [0.1, 0.15) is 42.5 Å². The summed E-state index contributed by atoms with van der Waals surface area (Å²) in [7, 11) is 0. The second-order valence-corrected chi connectivity index (χ2v) is 6.52. The van der Waals surface area contributed by atoms with Gasteiger partial charge in [0.15, 0.2) is 0 Å². The Balaban J connectivity index is 2.43. The zero-order chi connectivity index (χ0) is 15.4. The van der Waals surface area contributed by atoms with Gasteiger partial charge in [-0.25, -0.2) is 0 Å². The van der Waals surface area contributed by atoms with Gasteiger partial charge >= 0.3 is 0 Å². The molecule has 0 spiro atoms. The smallest absolute Gasteiger partial charge is 0.0994 e. The highest BCUT2D eigenvalue weighted by molar-refractivity contribution is 5.84. The average Bonchev–Trinajstić information content (AvgIpc) is 2.76. The Bertz CT molecular complexity index is 785. The van der Waals surface area contributed by atoms with Crippen molar-refractivity contribution in [3.63, 3.8) is 0 Å². The van der Waals surface area contributed by atoms with Gasteiger partial charge in [-0.15, -0.1) is 0 Å². The number of hydrogen-bond acceptors (Lipinski definition) is 2. The van der Waals surface area contributed by atoms with Gasteiger partial charge in [-0.05, 0) is 48.9 Å². The summed E-state index contributed by atoms with van der Waals surface area (Å²) in [4.78, 5) is 0. The van der Waals surface area contributed by atoms with E-state index in [1.54, 1.807) is 0 Å². The summed E-state index contributed by atoms with van der Waals surface area (Å²) in [5.74, 6) is 0. The van der Waals surface area contributed by atoms with E-state index in [1.807, 2.05) is 19.1 Å². The van der Waals surface area contributed by atoms with Crippen molar-refractivity contribution in [1.82, 2.24) is 0 Å². The topological polar surface area (TPSA) is 47.6 Å². The number of nitriles is 2. The highest BCUT2D eigenvalue weighted by atomic mass is 14.6. The largest absolute Gasteiger partial charge is 0.197 e. The number of hydrogen-bond donors (Lipinski definition) is 0. The molecule has 1 aromatic rings. The van der Waals surface area contributed by atoms with Crippen molar-refractivity contribution in [3.05, 3.63) is 52.6 Å². The third-order valence-electron chi connectivity index (χ3n) is 5.60. The molecule has 0 heterocycles. The van der Waals surface area contributed by atoms with Gasteiger partial charge in [0.25, 0.3) is 0 Å². The Morgan fingerprint density at radius 1 is 1.33 bits per heavy atom. The molecule has 3 rings (SSSR count). The molecule has 0 saturated heterocycles. The average molecular weight is 274 g/mol. The molecule has 2 aliphatic carbocycles. The van der Waals surface area contributed by atoms with E-state index in [9.17, 15) is 10.5 Å². The van der Waals surface area contributed by atoms with Gasteiger partial charge in [-0.1, -0.05) is 37.3 Å². The van der Waals surface area contributed by atoms with Crippen LogP contribution >= 0.6 is 0 Å². The predicted molar refractivity (Wildman–Crippen MR) is 83.3 cm³/mol. The number of benzene rings is 1. The molecule has 0 unspecified atom stereocenters. The van der Waals surface area contributed by atoms with Crippen LogP contribution in [-0.4, -0.2) is 0 Å². The van der Waals surface area contributed by atoms with E-state index in [4.69, 9.17) is 0 Å². The summed E-state index contributed by atoms with van der Waals surface area (Å²) in [6.45, 7) is 10.4. The number of aryl methyl sites for hydroxylation is 1. The fourth-order valence-corrected chi connectivity index (χ4v) is 4.01. The molecule has 0 amide bonds. The van der Waals surface area contributed by atoms with Crippen LogP contribution in [0.4, 0.5) is 0 Å². The predicted octanol–water partition coefficient (Wildman–Crippen LogP) is 4.21. The van der Waals surface area contributed by atoms with Gasteiger partial charge in [0.05, 0.1) is 23.1 Å². The van der Waals surface area contributed by atoms with Crippen molar-refractivity contribution >= 4 is 5.57 Å². The number of nitrogens with zero attached hydrogens (tertiary/aromatic N) is 2. The zero-order valence-electron chi connectivity index (χ0n) is 12.7. The fourth-order valence-electron chi connectivity index (χ4n) is 4.01. The van der Waals surface area contributed by atoms with Gasteiger partial charge < -0.3 is 0 Å². The lowest BCUT2D eigenvalue weighted by Gasteiger charge is -2.41. The highest BCUT2D eigenvalue weighted by Crippen LogP contribution is 2.60. The Hall–Kier alpha value is -2.32. The minimum Gasteiger partial charge on any atom is -0.197 e. The minimum atomic E-state index is -0.587. The molecular weight excluding hydrogens is 256 g/mol. The quantitative estimate of drug-likeness (QED) is 0.720. The van der Waals surface area contributed by atoms with Crippen LogP contribution in [0.15, 0.2) is 30.4 Å². The summed E-state index contributed by atoms with van der Waals surface area (Å²) in [5.41, 5.74) is 5.34. The maximum absolute atomic E-state index is 10.1. The van der Waals surface area contributed by atoms with E-state index in [2.05, 4.69) is 38.6 Å². The second kappa shape index (κ2) is 4.09. The molecule has 0 aromatic heterocycles. The first-order valence-corrected chi connectivity index (χ1v) is 7.22. The molecule has 0 radical (unpaired) electrons. The van der Waals surface area contributed by atoms with E-state index in [1.165, 1.54) is 11.1 Å². The molecule has 2 nitrogen and oxygen atoms in total. The van der Waals surface area contributed by atoms with Crippen molar-refractivity contribution in [2.45, 2.75) is 39.0 Å². The lowest BCUT2D eigenvalue weighted by molar-refractivity contribution is 0.269. The van der Waals surface area contributed by atoms with Crippen LogP contribution in [0.25, 0.3) is 5.57 Å². The normalized spacial score (nSPS) is 29.1. The monoisotopic (exact) mass is 274 g/mol. The van der Waals surface area contributed by atoms with Gasteiger partial charge in [0.2, 0.25) is 0 Å². The maximum atomic E-state index is 10.1. The van der Waals surface area contributed by atoms with Gasteiger partial charge in [-0.3, -0.25) is 0 Å². The van der Waals surface area contributed by atoms with Crippen molar-refractivity contribution in [2.75, 3.05) is 0 Å². The molecule has 21 heavy (non-hydrogen) atoms. The maximum Gasteiger partial charge on any atom is 0.0994 e. The standard InChI is InChI=1S/C19H18N2/c1-12(2)18(4)9-16-13(3)5-6-15-14(10-20)7-8-19(18,11-21)17(15)16/h5-7H,1,8-9H2,2-4H3/t18-,19+/m0/s1. The molecule has 1 aromatic carbocycles. The van der Waals surface area contributed by atoms with E-state index < -0.39 is 5.41 Å². The first-order chi connectivity index (χ1) is 9.91. The van der Waals surface area contributed by atoms with Gasteiger partial charge in [0.1, 0.15) is 0 Å². The molecule has 104 valence electrons. The summed E-state index contributed by atoms with van der Waals surface area (Å²) >= 11 is 0. The highest BCUT2D eigenvalue weighted by Gasteiger charge is 2.58. The second-order valence-electron chi connectivity index (χ2n) is 6.52. The molecule has 0 bridgehead atoms. The molecule has 2 atom stereocenters. The lowest BCUT2D eigenvalue weighted by atomic mass is 9.58. The van der Waals surface area contributed by atoms with Crippen LogP contribution in [-0.2, 0) is 11.8 Å². The fraction of sp³-hybridized carbons (Fsp3) is 0.368.